The molecule has 2 fully saturated rings. The van der Waals surface area contributed by atoms with Gasteiger partial charge in [-0.2, -0.15) is 0 Å². The molecule has 2 heterocycles. The van der Waals surface area contributed by atoms with Crippen molar-refractivity contribution in [2.24, 2.45) is 0 Å². The van der Waals surface area contributed by atoms with Crippen LogP contribution in [-0.4, -0.2) is 66.2 Å². The van der Waals surface area contributed by atoms with Crippen molar-refractivity contribution in [2.45, 2.75) is 57.4 Å². The maximum atomic E-state index is 12.2. The molecular weight excluding hydrogens is 282 g/mol. The van der Waals surface area contributed by atoms with Crippen molar-refractivity contribution >= 4 is 15.8 Å². The molecule has 0 bridgehead atoms. The van der Waals surface area contributed by atoms with Gasteiger partial charge in [0.2, 0.25) is 0 Å². The molecule has 6 nitrogen and oxygen atoms in total. The van der Waals surface area contributed by atoms with E-state index >= 15 is 0 Å². The number of esters is 1. The third-order valence-corrected chi connectivity index (χ3v) is 5.39. The molecule has 2 rings (SSSR count). The van der Waals surface area contributed by atoms with E-state index in [1.54, 1.807) is 20.8 Å². The number of hydrogen-bond acceptors (Lipinski definition) is 6. The van der Waals surface area contributed by atoms with Gasteiger partial charge in [0.25, 0.3) is 0 Å². The molecule has 1 N–H and O–H groups in total. The second-order valence-corrected chi connectivity index (χ2v) is 8.79. The number of ether oxygens (including phenoxy) is 1. The molecule has 116 valence electrons. The molecule has 0 amide bonds. The van der Waals surface area contributed by atoms with Gasteiger partial charge < -0.3 is 9.84 Å². The Hall–Kier alpha value is -0.660. The van der Waals surface area contributed by atoms with Crippen LogP contribution in [0.2, 0.25) is 0 Å². The fraction of sp³-hybridized carbons (Fsp3) is 0.923. The summed E-state index contributed by atoms with van der Waals surface area (Å²) in [7, 11) is -3.21. The van der Waals surface area contributed by atoms with Gasteiger partial charge in [-0.25, -0.2) is 8.42 Å². The summed E-state index contributed by atoms with van der Waals surface area (Å²) in [4.78, 5) is 14.0. The fourth-order valence-electron chi connectivity index (χ4n) is 2.94. The summed E-state index contributed by atoms with van der Waals surface area (Å²) in [5.41, 5.74) is -0.564. The number of aliphatic hydroxyl groups is 1. The van der Waals surface area contributed by atoms with Crippen molar-refractivity contribution in [1.82, 2.24) is 4.90 Å². The quantitative estimate of drug-likeness (QED) is 0.720. The summed E-state index contributed by atoms with van der Waals surface area (Å²) in [6, 6.07) is -0.929. The lowest BCUT2D eigenvalue weighted by Gasteiger charge is -2.32. The van der Waals surface area contributed by atoms with E-state index in [0.29, 0.717) is 13.0 Å². The lowest BCUT2D eigenvalue weighted by Crippen LogP contribution is -2.50. The first-order valence-electron chi connectivity index (χ1n) is 6.96. The van der Waals surface area contributed by atoms with Gasteiger partial charge >= 0.3 is 5.97 Å². The highest BCUT2D eigenvalue weighted by molar-refractivity contribution is 7.91. The number of likely N-dealkylation sites (tertiary alicyclic amines) is 1. The Morgan fingerprint density at radius 3 is 2.45 bits per heavy atom. The van der Waals surface area contributed by atoms with E-state index in [4.69, 9.17) is 4.74 Å². The average molecular weight is 305 g/mol. The third kappa shape index (κ3) is 3.51. The molecule has 0 aromatic heterocycles. The van der Waals surface area contributed by atoms with Crippen LogP contribution in [0, 0.1) is 0 Å². The molecule has 2 unspecified atom stereocenters. The molecule has 2 saturated heterocycles. The highest BCUT2D eigenvalue weighted by Gasteiger charge is 2.46. The molecule has 0 aliphatic carbocycles. The largest absolute Gasteiger partial charge is 0.459 e. The second kappa shape index (κ2) is 5.27. The van der Waals surface area contributed by atoms with Crippen LogP contribution in [0.1, 0.15) is 33.6 Å². The normalized spacial score (nSPS) is 34.3. The third-order valence-electron chi connectivity index (χ3n) is 3.69. The number of carbonyl (C=O) groups excluding carboxylic acids is 1. The standard InChI is InChI=1S/C13H23NO5S/c1-13(2,3)19-12(16)9-5-4-6-14(9)10-7-20(17,18)8-11(10)15/h9-11,15H,4-8H2,1-3H3/t9-,10?,11?/m0/s1. The molecule has 0 radical (unpaired) electrons. The molecular formula is C13H23NO5S. The van der Waals surface area contributed by atoms with Crippen LogP contribution in [0.5, 0.6) is 0 Å². The van der Waals surface area contributed by atoms with Crippen molar-refractivity contribution in [3.05, 3.63) is 0 Å². The number of hydrogen-bond donors (Lipinski definition) is 1. The summed E-state index contributed by atoms with van der Waals surface area (Å²) in [5.74, 6) is -0.616. The molecule has 2 aliphatic rings. The van der Waals surface area contributed by atoms with E-state index < -0.39 is 33.6 Å². The number of rotatable bonds is 2. The van der Waals surface area contributed by atoms with Gasteiger partial charge in [-0.1, -0.05) is 0 Å². The molecule has 0 spiro atoms. The monoisotopic (exact) mass is 305 g/mol. The van der Waals surface area contributed by atoms with Crippen molar-refractivity contribution in [3.63, 3.8) is 0 Å². The minimum Gasteiger partial charge on any atom is -0.459 e. The van der Waals surface area contributed by atoms with Crippen molar-refractivity contribution in [2.75, 3.05) is 18.1 Å². The van der Waals surface area contributed by atoms with Crippen LogP contribution in [0.15, 0.2) is 0 Å². The van der Waals surface area contributed by atoms with E-state index in [0.717, 1.165) is 6.42 Å². The topological polar surface area (TPSA) is 83.9 Å². The van der Waals surface area contributed by atoms with Crippen LogP contribution in [0.3, 0.4) is 0 Å². The minimum atomic E-state index is -3.21. The average Bonchev–Trinajstić information content (AvgIpc) is 2.79. The fourth-order valence-corrected chi connectivity index (χ4v) is 4.75. The Morgan fingerprint density at radius 2 is 1.95 bits per heavy atom. The highest BCUT2D eigenvalue weighted by atomic mass is 32.2. The van der Waals surface area contributed by atoms with Crippen molar-refractivity contribution in [3.8, 4) is 0 Å². The predicted octanol–water partition coefficient (Wildman–Crippen LogP) is -0.0496. The summed E-state index contributed by atoms with van der Waals surface area (Å²) >= 11 is 0. The van der Waals surface area contributed by atoms with Crippen molar-refractivity contribution < 1.29 is 23.1 Å². The Labute approximate surface area is 120 Å². The van der Waals surface area contributed by atoms with Crippen LogP contribution >= 0.6 is 0 Å². The van der Waals surface area contributed by atoms with E-state index in [1.807, 2.05) is 4.90 Å². The second-order valence-electron chi connectivity index (χ2n) is 6.64. The van der Waals surface area contributed by atoms with Gasteiger partial charge in [-0.05, 0) is 40.2 Å². The number of sulfone groups is 1. The van der Waals surface area contributed by atoms with E-state index in [1.165, 1.54) is 0 Å². The van der Waals surface area contributed by atoms with Gasteiger partial charge in [-0.15, -0.1) is 0 Å². The summed E-state index contributed by atoms with van der Waals surface area (Å²) in [6.07, 6.45) is 0.550. The van der Waals surface area contributed by atoms with Gasteiger partial charge in [-0.3, -0.25) is 9.69 Å². The van der Waals surface area contributed by atoms with Crippen LogP contribution in [0.25, 0.3) is 0 Å². The maximum absolute atomic E-state index is 12.2. The Bertz CT molecular complexity index is 481. The Kier molecular flexibility index (Phi) is 4.15. The van der Waals surface area contributed by atoms with Crippen LogP contribution in [0.4, 0.5) is 0 Å². The summed E-state index contributed by atoms with van der Waals surface area (Å²) in [5, 5.41) is 9.94. The molecule has 0 aromatic carbocycles. The lowest BCUT2D eigenvalue weighted by atomic mass is 10.1. The first kappa shape index (κ1) is 15.7. The van der Waals surface area contributed by atoms with Gasteiger partial charge in [0, 0.05) is 0 Å². The minimum absolute atomic E-state index is 0.0759. The highest BCUT2D eigenvalue weighted by Crippen LogP contribution is 2.28. The lowest BCUT2D eigenvalue weighted by molar-refractivity contribution is -0.161. The SMILES string of the molecule is CC(C)(C)OC(=O)[C@@H]1CCCN1C1CS(=O)(=O)CC1O. The molecule has 2 aliphatic heterocycles. The summed E-state index contributed by atoms with van der Waals surface area (Å²) in [6.45, 7) is 6.04. The number of aliphatic hydroxyl groups excluding tert-OH is 1. The zero-order valence-electron chi connectivity index (χ0n) is 12.2. The first-order valence-corrected chi connectivity index (χ1v) is 8.78. The van der Waals surface area contributed by atoms with E-state index in [9.17, 15) is 18.3 Å². The smallest absolute Gasteiger partial charge is 0.323 e. The number of nitrogens with zero attached hydrogens (tertiary/aromatic N) is 1. The van der Waals surface area contributed by atoms with Gasteiger partial charge in [0.1, 0.15) is 11.6 Å². The van der Waals surface area contributed by atoms with Gasteiger partial charge in [0.15, 0.2) is 9.84 Å². The van der Waals surface area contributed by atoms with Crippen LogP contribution < -0.4 is 0 Å². The van der Waals surface area contributed by atoms with E-state index in [-0.39, 0.29) is 17.5 Å². The number of carbonyl (C=O) groups is 1. The first-order chi connectivity index (χ1) is 9.09. The zero-order valence-corrected chi connectivity index (χ0v) is 13.0. The van der Waals surface area contributed by atoms with Gasteiger partial charge in [0.05, 0.1) is 23.7 Å². The maximum Gasteiger partial charge on any atom is 0.323 e. The molecule has 3 atom stereocenters. The predicted molar refractivity (Wildman–Crippen MR) is 74.0 cm³/mol. The zero-order chi connectivity index (χ0) is 15.1. The Balaban J connectivity index is 2.10. The molecule has 0 saturated carbocycles. The van der Waals surface area contributed by atoms with Crippen LogP contribution in [-0.2, 0) is 19.4 Å². The molecule has 7 heteroatoms. The van der Waals surface area contributed by atoms with E-state index in [2.05, 4.69) is 0 Å². The summed E-state index contributed by atoms with van der Waals surface area (Å²) < 4.78 is 28.6. The Morgan fingerprint density at radius 1 is 1.30 bits per heavy atom. The van der Waals surface area contributed by atoms with Crippen molar-refractivity contribution in [1.29, 1.82) is 0 Å². The molecule has 0 aromatic rings. The molecule has 20 heavy (non-hydrogen) atoms.